The van der Waals surface area contributed by atoms with Crippen LogP contribution in [0.1, 0.15) is 40.5 Å². The van der Waals surface area contributed by atoms with Crippen LogP contribution in [0.25, 0.3) is 0 Å². The molecule has 0 aromatic rings. The van der Waals surface area contributed by atoms with Crippen molar-refractivity contribution in [3.63, 3.8) is 0 Å². The first-order valence-electron chi connectivity index (χ1n) is 12.3. The van der Waals surface area contributed by atoms with Gasteiger partial charge in [0, 0.05) is 0 Å². The van der Waals surface area contributed by atoms with Gasteiger partial charge in [0.25, 0.3) is 0 Å². The molecule has 12 unspecified atom stereocenters. The highest BCUT2D eigenvalue weighted by atomic mass is 16.8. The summed E-state index contributed by atoms with van der Waals surface area (Å²) in [6.07, 6.45) is -7.39. The van der Waals surface area contributed by atoms with E-state index in [1.807, 2.05) is 20.8 Å². The van der Waals surface area contributed by atoms with E-state index in [2.05, 4.69) is 0 Å². The van der Waals surface area contributed by atoms with Crippen molar-refractivity contribution in [3.8, 4) is 0 Å². The molecule has 0 aromatic heterocycles. The first-order chi connectivity index (χ1) is 16.7. The van der Waals surface area contributed by atoms with Crippen LogP contribution >= 0.6 is 0 Å². The summed E-state index contributed by atoms with van der Waals surface area (Å²) in [5, 5.41) is 81.9. The van der Waals surface area contributed by atoms with E-state index in [4.69, 9.17) is 18.9 Å². The van der Waals surface area contributed by atoms with E-state index in [1.165, 1.54) is 6.08 Å². The molecule has 12 heteroatoms. The number of aliphatic hydroxyl groups excluding tert-OH is 6. The zero-order valence-corrected chi connectivity index (χ0v) is 21.2. The van der Waals surface area contributed by atoms with Crippen molar-refractivity contribution in [2.24, 2.45) is 11.3 Å². The molecule has 3 aliphatic rings. The highest BCUT2D eigenvalue weighted by Gasteiger charge is 2.55. The fourth-order valence-electron chi connectivity index (χ4n) is 5.40. The van der Waals surface area contributed by atoms with Crippen LogP contribution < -0.4 is 0 Å². The number of hydrogen-bond donors (Lipinski definition) is 8. The third kappa shape index (κ3) is 5.65. The third-order valence-electron chi connectivity index (χ3n) is 7.84. The van der Waals surface area contributed by atoms with Crippen LogP contribution in [-0.2, 0) is 18.9 Å². The van der Waals surface area contributed by atoms with E-state index in [-0.39, 0.29) is 5.92 Å². The maximum absolute atomic E-state index is 11.4. The lowest BCUT2D eigenvalue weighted by Gasteiger charge is -2.52. The molecule has 0 spiro atoms. The molecule has 2 saturated heterocycles. The number of aliphatic hydroxyl groups is 8. The molecule has 210 valence electrons. The summed E-state index contributed by atoms with van der Waals surface area (Å²) in [5.74, 6) is -0.298. The Morgan fingerprint density at radius 3 is 2.25 bits per heavy atom. The average Bonchev–Trinajstić information content (AvgIpc) is 3.09. The molecule has 1 aliphatic carbocycles. The van der Waals surface area contributed by atoms with Gasteiger partial charge in [-0.05, 0) is 31.1 Å². The van der Waals surface area contributed by atoms with Crippen LogP contribution in [0.3, 0.4) is 0 Å². The fraction of sp³-hybridized carbons (Fsp3) is 0.917. The zero-order valence-electron chi connectivity index (χ0n) is 21.2. The molecule has 2 aliphatic heterocycles. The molecule has 1 saturated carbocycles. The molecule has 12 atom stereocenters. The van der Waals surface area contributed by atoms with Gasteiger partial charge in [0.1, 0.15) is 36.1 Å². The van der Waals surface area contributed by atoms with Crippen LogP contribution in [0.5, 0.6) is 0 Å². The SMILES string of the molecule is CC(O)C=CC1(O)C(C)CC(OC2OC(CO)C(O)C(O)C2OC2OCC(O)(CO)C2O)CC1(C)C. The molecule has 0 radical (unpaired) electrons. The van der Waals surface area contributed by atoms with Crippen molar-refractivity contribution >= 4 is 0 Å². The highest BCUT2D eigenvalue weighted by molar-refractivity contribution is 5.15. The minimum absolute atomic E-state index is 0.298. The number of hydrogen-bond acceptors (Lipinski definition) is 12. The summed E-state index contributed by atoms with van der Waals surface area (Å²) in [7, 11) is 0. The van der Waals surface area contributed by atoms with Crippen LogP contribution in [0, 0.1) is 11.3 Å². The molecule has 8 N–H and O–H groups in total. The van der Waals surface area contributed by atoms with Crippen LogP contribution in [0.4, 0.5) is 0 Å². The van der Waals surface area contributed by atoms with Gasteiger partial charge in [0.05, 0.1) is 37.6 Å². The highest BCUT2D eigenvalue weighted by Crippen LogP contribution is 2.49. The summed E-state index contributed by atoms with van der Waals surface area (Å²) in [6.45, 7) is 5.38. The van der Waals surface area contributed by atoms with E-state index >= 15 is 0 Å². The van der Waals surface area contributed by atoms with Gasteiger partial charge in [0.15, 0.2) is 12.6 Å². The maximum Gasteiger partial charge on any atom is 0.187 e. The van der Waals surface area contributed by atoms with E-state index in [0.717, 1.165) is 0 Å². The molecule has 3 rings (SSSR count). The number of ether oxygens (including phenoxy) is 4. The first-order valence-corrected chi connectivity index (χ1v) is 12.3. The lowest BCUT2D eigenvalue weighted by molar-refractivity contribution is -0.348. The van der Waals surface area contributed by atoms with E-state index in [0.29, 0.717) is 12.8 Å². The zero-order chi connectivity index (χ0) is 27.1. The van der Waals surface area contributed by atoms with Gasteiger partial charge in [-0.2, -0.15) is 0 Å². The smallest absolute Gasteiger partial charge is 0.187 e. The summed E-state index contributed by atoms with van der Waals surface area (Å²) in [5.41, 5.74) is -3.88. The predicted octanol–water partition coefficient (Wildman–Crippen LogP) is -2.24. The first kappa shape index (κ1) is 29.8. The fourth-order valence-corrected chi connectivity index (χ4v) is 5.40. The van der Waals surface area contributed by atoms with Gasteiger partial charge in [-0.25, -0.2) is 0 Å². The second-order valence-electron chi connectivity index (χ2n) is 11.1. The van der Waals surface area contributed by atoms with Gasteiger partial charge in [-0.15, -0.1) is 0 Å². The van der Waals surface area contributed by atoms with Gasteiger partial charge < -0.3 is 59.8 Å². The van der Waals surface area contributed by atoms with Crippen molar-refractivity contribution in [3.05, 3.63) is 12.2 Å². The van der Waals surface area contributed by atoms with Gasteiger partial charge in [-0.1, -0.05) is 32.9 Å². The van der Waals surface area contributed by atoms with Crippen LogP contribution in [0.2, 0.25) is 0 Å². The minimum atomic E-state index is -1.96. The largest absolute Gasteiger partial charge is 0.394 e. The maximum atomic E-state index is 11.4. The predicted molar refractivity (Wildman–Crippen MR) is 123 cm³/mol. The van der Waals surface area contributed by atoms with Crippen molar-refractivity contribution in [2.45, 2.75) is 107 Å². The van der Waals surface area contributed by atoms with E-state index < -0.39 is 91.7 Å². The van der Waals surface area contributed by atoms with Gasteiger partial charge >= 0.3 is 0 Å². The lowest BCUT2D eigenvalue weighted by atomic mass is 9.59. The Morgan fingerprint density at radius 2 is 1.72 bits per heavy atom. The molecule has 3 fully saturated rings. The summed E-state index contributed by atoms with van der Waals surface area (Å²) in [4.78, 5) is 0. The molecule has 12 nitrogen and oxygen atoms in total. The normalized spacial score (nSPS) is 48.4. The van der Waals surface area contributed by atoms with Gasteiger partial charge in [0.2, 0.25) is 0 Å². The summed E-state index contributed by atoms with van der Waals surface area (Å²) < 4.78 is 22.9. The monoisotopic (exact) mass is 522 g/mol. The topological polar surface area (TPSA) is 199 Å². The van der Waals surface area contributed by atoms with E-state index in [1.54, 1.807) is 13.0 Å². The molecule has 36 heavy (non-hydrogen) atoms. The summed E-state index contributed by atoms with van der Waals surface area (Å²) in [6, 6.07) is 0. The standard InChI is InChI=1S/C24H42O12/c1-12-7-14(8-22(3,4)24(12,32)6-5-13(2)27)34-20-18(17(29)16(28)15(9-25)35-20)36-21-19(30)23(31,10-26)11-33-21/h5-6,12-21,25-32H,7-11H2,1-4H3. The van der Waals surface area contributed by atoms with Crippen LogP contribution in [0.15, 0.2) is 12.2 Å². The summed E-state index contributed by atoms with van der Waals surface area (Å²) >= 11 is 0. The Kier molecular flexibility index (Phi) is 9.25. The quantitative estimate of drug-likeness (QED) is 0.160. The van der Waals surface area contributed by atoms with Crippen molar-refractivity contribution in [1.29, 1.82) is 0 Å². The number of rotatable bonds is 8. The average molecular weight is 523 g/mol. The second kappa shape index (κ2) is 11.2. The Hall–Kier alpha value is -0.740. The minimum Gasteiger partial charge on any atom is -0.394 e. The lowest BCUT2D eigenvalue weighted by Crippen LogP contribution is -2.63. The molecular weight excluding hydrogens is 480 g/mol. The Morgan fingerprint density at radius 1 is 1.06 bits per heavy atom. The Labute approximate surface area is 210 Å². The molecular formula is C24H42O12. The molecule has 0 bridgehead atoms. The second-order valence-corrected chi connectivity index (χ2v) is 11.1. The van der Waals surface area contributed by atoms with Crippen molar-refractivity contribution < 1.29 is 59.8 Å². The van der Waals surface area contributed by atoms with Gasteiger partial charge in [-0.3, -0.25) is 0 Å². The molecule has 2 heterocycles. The molecule has 0 aromatic carbocycles. The third-order valence-corrected chi connectivity index (χ3v) is 7.84. The Bertz CT molecular complexity index is 761. The van der Waals surface area contributed by atoms with Crippen molar-refractivity contribution in [2.75, 3.05) is 19.8 Å². The van der Waals surface area contributed by atoms with Crippen LogP contribution in [-0.4, -0.2) is 127 Å². The van der Waals surface area contributed by atoms with Crippen molar-refractivity contribution in [1.82, 2.24) is 0 Å². The Balaban J connectivity index is 1.79. The molecule has 0 amide bonds. The van der Waals surface area contributed by atoms with E-state index in [9.17, 15) is 40.9 Å².